The van der Waals surface area contributed by atoms with Crippen molar-refractivity contribution < 1.29 is 24.5 Å². The van der Waals surface area contributed by atoms with Crippen LogP contribution in [0.1, 0.15) is 425 Å². The molecule has 2 unspecified atom stereocenters. The van der Waals surface area contributed by atoms with E-state index in [1.165, 1.54) is 353 Å². The lowest BCUT2D eigenvalue weighted by atomic mass is 10.0. The number of esters is 1. The van der Waals surface area contributed by atoms with Crippen molar-refractivity contribution in [2.75, 3.05) is 13.2 Å². The zero-order valence-electron chi connectivity index (χ0n) is 56.9. The van der Waals surface area contributed by atoms with E-state index in [-0.39, 0.29) is 18.5 Å². The number of ether oxygens (including phenoxy) is 1. The molecule has 0 aliphatic heterocycles. The molecule has 0 heterocycles. The standard InChI is InChI=1S/C78H149NO5/c1-3-5-7-9-11-13-15-17-19-20-36-39-43-46-50-54-58-62-66-70-76(81)75(74-80)79-77(82)71-67-63-59-55-51-47-44-40-37-34-32-30-28-26-24-22-21-23-25-27-29-31-33-35-38-41-45-49-53-57-61-65-69-73-84-78(83)72-68-64-60-56-52-48-42-18-16-14-12-10-8-6-4-2/h18,25,27,42,66,70,75-76,80-81H,3-17,19-24,26,28-41,43-65,67-69,71-74H2,1-2H3,(H,79,82)/b27-25-,42-18-,70-66+. The van der Waals surface area contributed by atoms with Crippen LogP contribution >= 0.6 is 0 Å². The fraction of sp³-hybridized carbons (Fsp3) is 0.897. The third-order valence-electron chi connectivity index (χ3n) is 17.9. The average Bonchev–Trinajstić information content (AvgIpc) is 3.51. The van der Waals surface area contributed by atoms with E-state index in [1.807, 2.05) is 6.08 Å². The van der Waals surface area contributed by atoms with Gasteiger partial charge in [-0.3, -0.25) is 9.59 Å². The summed E-state index contributed by atoms with van der Waals surface area (Å²) in [5.74, 6) is -0.0500. The molecule has 6 heteroatoms. The van der Waals surface area contributed by atoms with Gasteiger partial charge in [0.1, 0.15) is 0 Å². The van der Waals surface area contributed by atoms with E-state index in [4.69, 9.17) is 4.74 Å². The van der Waals surface area contributed by atoms with Crippen molar-refractivity contribution in [3.8, 4) is 0 Å². The summed E-state index contributed by atoms with van der Waals surface area (Å²) < 4.78 is 5.49. The van der Waals surface area contributed by atoms with E-state index in [1.54, 1.807) is 6.08 Å². The van der Waals surface area contributed by atoms with Crippen LogP contribution in [0.25, 0.3) is 0 Å². The highest BCUT2D eigenvalue weighted by atomic mass is 16.5. The fourth-order valence-electron chi connectivity index (χ4n) is 12.0. The number of hydrogen-bond acceptors (Lipinski definition) is 5. The minimum atomic E-state index is -0.843. The molecule has 2 atom stereocenters. The minimum Gasteiger partial charge on any atom is -0.466 e. The molecule has 0 bridgehead atoms. The van der Waals surface area contributed by atoms with Gasteiger partial charge in [0.2, 0.25) is 5.91 Å². The molecule has 496 valence electrons. The molecule has 0 aromatic heterocycles. The molecule has 84 heavy (non-hydrogen) atoms. The number of nitrogens with one attached hydrogen (secondary N) is 1. The summed E-state index contributed by atoms with van der Waals surface area (Å²) in [4.78, 5) is 24.6. The number of carbonyl (C=O) groups excluding carboxylic acids is 2. The predicted octanol–water partition coefficient (Wildman–Crippen LogP) is 25.0. The molecular formula is C78H149NO5. The summed E-state index contributed by atoms with van der Waals surface area (Å²) in [6.45, 7) is 4.94. The first kappa shape index (κ1) is 82.1. The molecule has 0 rings (SSSR count). The lowest BCUT2D eigenvalue weighted by Crippen LogP contribution is -2.45. The molecule has 0 radical (unpaired) electrons. The van der Waals surface area contributed by atoms with E-state index in [0.717, 1.165) is 44.9 Å². The summed E-state index contributed by atoms with van der Waals surface area (Å²) in [5, 5.41) is 23.3. The number of rotatable bonds is 72. The van der Waals surface area contributed by atoms with Crippen molar-refractivity contribution in [1.29, 1.82) is 0 Å². The SMILES string of the molecule is CCCCCCCC/C=C\CCCCCCCC(=O)OCCCCCCCCCCCCCC/C=C\CCCCCCCCCCCCCCCCCCCC(=O)NC(CO)C(O)/C=C/CCCCCCCCCCCCCCCCCCC. The fourth-order valence-corrected chi connectivity index (χ4v) is 12.0. The molecule has 0 aromatic rings. The first-order chi connectivity index (χ1) is 41.5. The maximum absolute atomic E-state index is 12.5. The van der Waals surface area contributed by atoms with Crippen molar-refractivity contribution in [2.45, 2.75) is 437 Å². The first-order valence-corrected chi connectivity index (χ1v) is 38.3. The Morgan fingerprint density at radius 2 is 0.560 bits per heavy atom. The van der Waals surface area contributed by atoms with Crippen molar-refractivity contribution >= 4 is 11.9 Å². The Morgan fingerprint density at radius 1 is 0.321 bits per heavy atom. The first-order valence-electron chi connectivity index (χ1n) is 38.3. The Kier molecular flexibility index (Phi) is 71.9. The van der Waals surface area contributed by atoms with Gasteiger partial charge in [-0.2, -0.15) is 0 Å². The van der Waals surface area contributed by atoms with E-state index in [0.29, 0.717) is 19.4 Å². The Hall–Kier alpha value is -1.92. The second-order valence-electron chi connectivity index (χ2n) is 26.3. The summed E-state index contributed by atoms with van der Waals surface area (Å²) >= 11 is 0. The Bertz CT molecular complexity index is 1360. The lowest BCUT2D eigenvalue weighted by Gasteiger charge is -2.20. The highest BCUT2D eigenvalue weighted by molar-refractivity contribution is 5.76. The van der Waals surface area contributed by atoms with Gasteiger partial charge in [0, 0.05) is 12.8 Å². The highest BCUT2D eigenvalue weighted by Gasteiger charge is 2.18. The monoisotopic (exact) mass is 1180 g/mol. The van der Waals surface area contributed by atoms with Crippen LogP contribution in [-0.4, -0.2) is 47.4 Å². The van der Waals surface area contributed by atoms with E-state index in [2.05, 4.69) is 43.5 Å². The van der Waals surface area contributed by atoms with Gasteiger partial charge in [0.15, 0.2) is 0 Å². The topological polar surface area (TPSA) is 95.9 Å². The maximum Gasteiger partial charge on any atom is 0.305 e. The zero-order chi connectivity index (χ0) is 60.6. The molecule has 0 fully saturated rings. The molecular weight excluding hydrogens is 1030 g/mol. The summed E-state index contributed by atoms with van der Waals surface area (Å²) in [7, 11) is 0. The third-order valence-corrected chi connectivity index (χ3v) is 17.9. The number of aliphatic hydroxyl groups is 2. The number of aliphatic hydroxyl groups excluding tert-OH is 2. The Morgan fingerprint density at radius 3 is 0.845 bits per heavy atom. The molecule has 0 aromatic carbocycles. The van der Waals surface area contributed by atoms with Crippen molar-refractivity contribution in [2.24, 2.45) is 0 Å². The lowest BCUT2D eigenvalue weighted by molar-refractivity contribution is -0.143. The van der Waals surface area contributed by atoms with E-state index < -0.39 is 12.1 Å². The van der Waals surface area contributed by atoms with Gasteiger partial charge in [-0.05, 0) is 83.5 Å². The minimum absolute atomic E-state index is 0.0111. The van der Waals surface area contributed by atoms with Gasteiger partial charge in [-0.15, -0.1) is 0 Å². The van der Waals surface area contributed by atoms with Crippen LogP contribution < -0.4 is 5.32 Å². The van der Waals surface area contributed by atoms with Gasteiger partial charge < -0.3 is 20.3 Å². The second-order valence-corrected chi connectivity index (χ2v) is 26.3. The van der Waals surface area contributed by atoms with Crippen LogP contribution in [0.15, 0.2) is 36.5 Å². The molecule has 0 saturated heterocycles. The van der Waals surface area contributed by atoms with E-state index >= 15 is 0 Å². The molecule has 0 spiro atoms. The molecule has 1 amide bonds. The maximum atomic E-state index is 12.5. The molecule has 6 nitrogen and oxygen atoms in total. The number of hydrogen-bond donors (Lipinski definition) is 3. The second kappa shape index (κ2) is 73.5. The summed E-state index contributed by atoms with van der Waals surface area (Å²) in [6.07, 6.45) is 95.4. The molecule has 0 saturated carbocycles. The van der Waals surface area contributed by atoms with Crippen molar-refractivity contribution in [3.63, 3.8) is 0 Å². The van der Waals surface area contributed by atoms with E-state index in [9.17, 15) is 19.8 Å². The van der Waals surface area contributed by atoms with Gasteiger partial charge in [-0.1, -0.05) is 365 Å². The van der Waals surface area contributed by atoms with Gasteiger partial charge >= 0.3 is 5.97 Å². The molecule has 0 aliphatic carbocycles. The average molecular weight is 1180 g/mol. The third kappa shape index (κ3) is 69.2. The van der Waals surface area contributed by atoms with Crippen LogP contribution in [0.4, 0.5) is 0 Å². The van der Waals surface area contributed by atoms with Crippen LogP contribution in [0.2, 0.25) is 0 Å². The van der Waals surface area contributed by atoms with Crippen LogP contribution in [-0.2, 0) is 14.3 Å². The number of allylic oxidation sites excluding steroid dienone is 5. The van der Waals surface area contributed by atoms with Gasteiger partial charge in [0.05, 0.1) is 25.4 Å². The van der Waals surface area contributed by atoms with Crippen molar-refractivity contribution in [3.05, 3.63) is 36.5 Å². The normalized spacial score (nSPS) is 12.7. The number of amides is 1. The smallest absolute Gasteiger partial charge is 0.305 e. The molecule has 0 aliphatic rings. The largest absolute Gasteiger partial charge is 0.466 e. The Labute approximate surface area is 525 Å². The Balaban J connectivity index is 3.37. The van der Waals surface area contributed by atoms with Crippen LogP contribution in [0.5, 0.6) is 0 Å². The van der Waals surface area contributed by atoms with Gasteiger partial charge in [-0.25, -0.2) is 0 Å². The zero-order valence-corrected chi connectivity index (χ0v) is 56.9. The van der Waals surface area contributed by atoms with Crippen LogP contribution in [0, 0.1) is 0 Å². The summed E-state index contributed by atoms with van der Waals surface area (Å²) in [5.41, 5.74) is 0. The number of unbranched alkanes of at least 4 members (excludes halogenated alkanes) is 57. The van der Waals surface area contributed by atoms with Crippen LogP contribution in [0.3, 0.4) is 0 Å². The predicted molar refractivity (Wildman–Crippen MR) is 370 cm³/mol. The van der Waals surface area contributed by atoms with Crippen molar-refractivity contribution in [1.82, 2.24) is 5.32 Å². The van der Waals surface area contributed by atoms with Gasteiger partial charge in [0.25, 0.3) is 0 Å². The highest BCUT2D eigenvalue weighted by Crippen LogP contribution is 2.19. The number of carbonyl (C=O) groups is 2. The molecule has 3 N–H and O–H groups in total. The summed E-state index contributed by atoms with van der Waals surface area (Å²) in [6, 6.07) is -0.626. The quantitative estimate of drug-likeness (QED) is 0.0320.